The number of morpholine rings is 1. The van der Waals surface area contributed by atoms with Crippen LogP contribution in [0.25, 0.3) is 0 Å². The summed E-state index contributed by atoms with van der Waals surface area (Å²) in [5, 5.41) is 7.12. The third-order valence-corrected chi connectivity index (χ3v) is 5.34. The van der Waals surface area contributed by atoms with Gasteiger partial charge in [-0.1, -0.05) is 12.1 Å². The van der Waals surface area contributed by atoms with Crippen LogP contribution in [0.4, 0.5) is 17.6 Å². The highest BCUT2D eigenvalue weighted by molar-refractivity contribution is 5.73. The van der Waals surface area contributed by atoms with Gasteiger partial charge >= 0.3 is 18.2 Å². The quantitative estimate of drug-likeness (QED) is 0.690. The summed E-state index contributed by atoms with van der Waals surface area (Å²) in [5.41, 5.74) is 1.14. The second-order valence-corrected chi connectivity index (χ2v) is 7.48. The minimum absolute atomic E-state index is 0.179. The fourth-order valence-electron chi connectivity index (χ4n) is 3.88. The molecule has 0 radical (unpaired) electrons. The molecule has 1 N–H and O–H groups in total. The molecular formula is C21H23F4N3O4. The van der Waals surface area contributed by atoms with Crippen molar-refractivity contribution in [3.05, 3.63) is 54.1 Å². The molecule has 174 valence electrons. The number of nitrogens with zero attached hydrogens (tertiary/aromatic N) is 3. The van der Waals surface area contributed by atoms with Gasteiger partial charge < -0.3 is 14.6 Å². The summed E-state index contributed by atoms with van der Waals surface area (Å²) in [6, 6.07) is 9.37. The minimum Gasteiger partial charge on any atom is -0.475 e. The summed E-state index contributed by atoms with van der Waals surface area (Å²) in [5.74, 6) is -2.60. The molecule has 0 spiro atoms. The summed E-state index contributed by atoms with van der Waals surface area (Å²) < 4.78 is 56.6. The Kier molecular flexibility index (Phi) is 7.97. The first-order valence-corrected chi connectivity index (χ1v) is 10.0. The molecular weight excluding hydrogens is 434 g/mol. The number of carboxylic acid groups (broad SMARTS) is 1. The minimum atomic E-state index is -5.08. The number of fused-ring (bicyclic) bond motifs is 1. The number of hydrogen-bond donors (Lipinski definition) is 1. The topological polar surface area (TPSA) is 84.8 Å². The molecule has 1 aliphatic carbocycles. The summed E-state index contributed by atoms with van der Waals surface area (Å²) in [4.78, 5) is 19.6. The highest BCUT2D eigenvalue weighted by Crippen LogP contribution is 2.35. The third-order valence-electron chi connectivity index (χ3n) is 5.34. The number of hydrogen-bond acceptors (Lipinski definition) is 6. The fourth-order valence-corrected chi connectivity index (χ4v) is 3.88. The van der Waals surface area contributed by atoms with E-state index in [2.05, 4.69) is 14.9 Å². The van der Waals surface area contributed by atoms with E-state index < -0.39 is 12.1 Å². The SMILES string of the molecule is Fc1ccc(CN2CCOC3C(COc4ncccn4)CCC32)cc1.O=C(O)C(F)(F)F. The van der Waals surface area contributed by atoms with Gasteiger partial charge in [0.1, 0.15) is 5.82 Å². The first kappa shape index (κ1) is 23.9. The van der Waals surface area contributed by atoms with Gasteiger partial charge in [-0.25, -0.2) is 19.2 Å². The second kappa shape index (κ2) is 10.7. The molecule has 2 aliphatic rings. The van der Waals surface area contributed by atoms with Crippen LogP contribution in [0, 0.1) is 11.7 Å². The lowest BCUT2D eigenvalue weighted by Gasteiger charge is -2.39. The molecule has 1 aromatic carbocycles. The Morgan fingerprint density at radius 3 is 2.47 bits per heavy atom. The van der Waals surface area contributed by atoms with E-state index in [0.717, 1.165) is 38.1 Å². The molecule has 1 aliphatic heterocycles. The van der Waals surface area contributed by atoms with Crippen LogP contribution in [-0.2, 0) is 16.1 Å². The monoisotopic (exact) mass is 457 g/mol. The van der Waals surface area contributed by atoms with Gasteiger partial charge in [-0.2, -0.15) is 13.2 Å². The van der Waals surface area contributed by atoms with Gasteiger partial charge in [-0.3, -0.25) is 4.90 Å². The van der Waals surface area contributed by atoms with Crippen molar-refractivity contribution < 1.29 is 36.9 Å². The average molecular weight is 457 g/mol. The summed E-state index contributed by atoms with van der Waals surface area (Å²) >= 11 is 0. The molecule has 2 aromatic rings. The molecule has 7 nitrogen and oxygen atoms in total. The van der Waals surface area contributed by atoms with Crippen molar-refractivity contribution in [2.45, 2.75) is 37.7 Å². The van der Waals surface area contributed by atoms with Crippen molar-refractivity contribution >= 4 is 5.97 Å². The Hall–Kier alpha value is -2.79. The highest BCUT2D eigenvalue weighted by atomic mass is 19.4. The number of ether oxygens (including phenoxy) is 2. The van der Waals surface area contributed by atoms with Crippen molar-refractivity contribution in [3.8, 4) is 6.01 Å². The van der Waals surface area contributed by atoms with Crippen molar-refractivity contribution in [1.82, 2.24) is 14.9 Å². The van der Waals surface area contributed by atoms with E-state index in [1.807, 2.05) is 12.1 Å². The molecule has 32 heavy (non-hydrogen) atoms. The van der Waals surface area contributed by atoms with Crippen molar-refractivity contribution in [3.63, 3.8) is 0 Å². The van der Waals surface area contributed by atoms with Gasteiger partial charge in [0.15, 0.2) is 0 Å². The molecule has 0 bridgehead atoms. The van der Waals surface area contributed by atoms with Crippen LogP contribution in [0.2, 0.25) is 0 Å². The molecule has 1 aromatic heterocycles. The van der Waals surface area contributed by atoms with Gasteiger partial charge in [-0.15, -0.1) is 0 Å². The molecule has 11 heteroatoms. The van der Waals surface area contributed by atoms with Crippen LogP contribution >= 0.6 is 0 Å². The zero-order valence-electron chi connectivity index (χ0n) is 17.0. The maximum atomic E-state index is 13.1. The first-order valence-electron chi connectivity index (χ1n) is 10.0. The van der Waals surface area contributed by atoms with E-state index >= 15 is 0 Å². The number of rotatable bonds is 5. The predicted octanol–water partition coefficient (Wildman–Crippen LogP) is 3.31. The Labute approximate surface area is 182 Å². The van der Waals surface area contributed by atoms with Crippen molar-refractivity contribution in [2.24, 2.45) is 5.92 Å². The van der Waals surface area contributed by atoms with E-state index in [9.17, 15) is 17.6 Å². The molecule has 4 rings (SSSR count). The second-order valence-electron chi connectivity index (χ2n) is 7.48. The van der Waals surface area contributed by atoms with Gasteiger partial charge in [0, 0.05) is 37.4 Å². The van der Waals surface area contributed by atoms with E-state index in [1.165, 1.54) is 12.1 Å². The van der Waals surface area contributed by atoms with Gasteiger partial charge in [0.25, 0.3) is 0 Å². The lowest BCUT2D eigenvalue weighted by atomic mass is 10.0. The molecule has 0 amide bonds. The fraction of sp³-hybridized carbons (Fsp3) is 0.476. The summed E-state index contributed by atoms with van der Waals surface area (Å²) in [7, 11) is 0. The highest BCUT2D eigenvalue weighted by Gasteiger charge is 2.43. The number of aliphatic carboxylic acids is 1. The van der Waals surface area contributed by atoms with Gasteiger partial charge in [0.2, 0.25) is 0 Å². The number of alkyl halides is 3. The number of benzene rings is 1. The van der Waals surface area contributed by atoms with Crippen LogP contribution in [0.5, 0.6) is 6.01 Å². The zero-order chi connectivity index (χ0) is 23.1. The van der Waals surface area contributed by atoms with Crippen LogP contribution < -0.4 is 4.74 Å². The molecule has 3 atom stereocenters. The van der Waals surface area contributed by atoms with E-state index in [1.54, 1.807) is 18.5 Å². The maximum absolute atomic E-state index is 13.1. The van der Waals surface area contributed by atoms with Crippen molar-refractivity contribution in [2.75, 3.05) is 19.8 Å². The van der Waals surface area contributed by atoms with E-state index in [4.69, 9.17) is 19.4 Å². The van der Waals surface area contributed by atoms with Gasteiger partial charge in [0.05, 0.1) is 19.3 Å². The van der Waals surface area contributed by atoms with E-state index in [-0.39, 0.29) is 11.9 Å². The number of carbonyl (C=O) groups is 1. The normalized spacial score (nSPS) is 23.1. The zero-order valence-corrected chi connectivity index (χ0v) is 17.0. The molecule has 2 fully saturated rings. The third kappa shape index (κ3) is 6.60. The Morgan fingerprint density at radius 1 is 1.19 bits per heavy atom. The Balaban J connectivity index is 0.000000360. The van der Waals surface area contributed by atoms with Crippen molar-refractivity contribution in [1.29, 1.82) is 0 Å². The van der Waals surface area contributed by atoms with Crippen LogP contribution in [0.1, 0.15) is 18.4 Å². The smallest absolute Gasteiger partial charge is 0.475 e. The molecule has 1 saturated heterocycles. The Morgan fingerprint density at radius 2 is 1.84 bits per heavy atom. The molecule has 3 unspecified atom stereocenters. The van der Waals surface area contributed by atoms with Crippen LogP contribution in [-0.4, -0.2) is 64.0 Å². The molecule has 2 heterocycles. The summed E-state index contributed by atoms with van der Waals surface area (Å²) in [6.45, 7) is 3.05. The summed E-state index contributed by atoms with van der Waals surface area (Å²) in [6.07, 6.45) is 0.623. The average Bonchev–Trinajstić information content (AvgIpc) is 3.18. The predicted molar refractivity (Wildman–Crippen MR) is 104 cm³/mol. The lowest BCUT2D eigenvalue weighted by molar-refractivity contribution is -0.192. The Bertz CT molecular complexity index is 868. The maximum Gasteiger partial charge on any atom is 0.490 e. The van der Waals surface area contributed by atoms with Gasteiger partial charge in [-0.05, 0) is 36.6 Å². The standard InChI is InChI=1S/C19H22FN3O2.C2HF3O2/c20-16-5-2-14(3-6-16)12-23-10-11-24-18-15(4-7-17(18)23)13-25-19-21-8-1-9-22-19;3-2(4,5)1(6)7/h1-3,5-6,8-9,15,17-18H,4,7,10-13H2;(H,6,7). The number of halogens is 4. The number of aromatic nitrogens is 2. The number of carboxylic acids is 1. The molecule has 1 saturated carbocycles. The largest absolute Gasteiger partial charge is 0.490 e. The van der Waals surface area contributed by atoms with Crippen LogP contribution in [0.3, 0.4) is 0 Å². The lowest BCUT2D eigenvalue weighted by Crippen LogP contribution is -2.50. The first-order chi connectivity index (χ1) is 15.2. The van der Waals surface area contributed by atoms with E-state index in [0.29, 0.717) is 24.6 Å². The van der Waals surface area contributed by atoms with Crippen LogP contribution in [0.15, 0.2) is 42.7 Å².